The summed E-state index contributed by atoms with van der Waals surface area (Å²) in [6.07, 6.45) is 2.39. The summed E-state index contributed by atoms with van der Waals surface area (Å²) in [4.78, 5) is 12.9. The predicted molar refractivity (Wildman–Crippen MR) is 51.1 cm³/mol. The molecule has 4 heteroatoms. The van der Waals surface area contributed by atoms with Crippen molar-refractivity contribution in [2.24, 2.45) is 5.73 Å². The zero-order chi connectivity index (χ0) is 9.40. The average Bonchev–Trinajstić information content (AvgIpc) is 2.53. The number of hydrogen-bond acceptors (Lipinski definition) is 3. The zero-order valence-electron chi connectivity index (χ0n) is 7.41. The predicted octanol–water partition coefficient (Wildman–Crippen LogP) is 1.37. The monoisotopic (exact) mass is 186 g/mol. The summed E-state index contributed by atoms with van der Waals surface area (Å²) < 4.78 is 0. The van der Waals surface area contributed by atoms with Gasteiger partial charge in [0.05, 0.1) is 10.7 Å². The van der Waals surface area contributed by atoms with Crippen LogP contribution in [0, 0.1) is 0 Å². The molecule has 0 bridgehead atoms. The smallest absolute Gasteiger partial charge is 0.204 e. The molecule has 0 aliphatic rings. The van der Waals surface area contributed by atoms with Crippen LogP contribution in [0.15, 0.2) is 5.38 Å². The maximum Gasteiger partial charge on any atom is 0.204 e. The van der Waals surface area contributed by atoms with E-state index in [1.54, 1.807) is 11.3 Å². The molecular formula is C8H14N2OS. The molecule has 68 valence electrons. The Kier molecular flexibility index (Phi) is 6.28. The van der Waals surface area contributed by atoms with Gasteiger partial charge in [-0.2, -0.15) is 0 Å². The number of carbonyl (C=O) groups is 1. The van der Waals surface area contributed by atoms with E-state index in [0.29, 0.717) is 0 Å². The first kappa shape index (κ1) is 11.1. The molecule has 1 aromatic heterocycles. The first-order valence-corrected chi connectivity index (χ1v) is 4.75. The summed E-state index contributed by atoms with van der Waals surface area (Å²) in [6, 6.07) is 0. The number of amides is 1. The summed E-state index contributed by atoms with van der Waals surface area (Å²) in [5.41, 5.74) is 5.40. The molecule has 0 spiro atoms. The topological polar surface area (TPSA) is 56.0 Å². The van der Waals surface area contributed by atoms with Crippen LogP contribution < -0.4 is 5.73 Å². The summed E-state index contributed by atoms with van der Waals surface area (Å²) in [7, 11) is 0. The highest BCUT2D eigenvalue weighted by atomic mass is 32.1. The minimum atomic E-state index is 0.250. The van der Waals surface area contributed by atoms with Gasteiger partial charge in [-0.3, -0.25) is 4.79 Å². The van der Waals surface area contributed by atoms with Crippen molar-refractivity contribution in [3.8, 4) is 0 Å². The molecule has 0 unspecified atom stereocenters. The molecule has 0 aliphatic carbocycles. The number of aryl methyl sites for hydroxylation is 2. The second-order valence-corrected chi connectivity index (χ2v) is 3.02. The van der Waals surface area contributed by atoms with Gasteiger partial charge in [0.25, 0.3) is 0 Å². The van der Waals surface area contributed by atoms with E-state index in [1.807, 2.05) is 0 Å². The standard InChI is InChI=1S/C7H11NS.CH3NO/c1-3-6-5-9-7(4-2)8-6;2-1-3/h5H,3-4H2,1-2H3;1H,(H2,2,3). The van der Waals surface area contributed by atoms with Gasteiger partial charge in [0.15, 0.2) is 0 Å². The Morgan fingerprint density at radius 2 is 2.17 bits per heavy atom. The lowest BCUT2D eigenvalue weighted by atomic mass is 10.4. The average molecular weight is 186 g/mol. The molecule has 0 atom stereocenters. The Hall–Kier alpha value is -0.900. The molecule has 0 saturated carbocycles. The van der Waals surface area contributed by atoms with Gasteiger partial charge in [-0.25, -0.2) is 4.98 Å². The Balaban J connectivity index is 0.000000354. The van der Waals surface area contributed by atoms with E-state index >= 15 is 0 Å². The molecule has 2 N–H and O–H groups in total. The molecule has 0 aromatic carbocycles. The lowest BCUT2D eigenvalue weighted by Crippen LogP contribution is -1.82. The van der Waals surface area contributed by atoms with Gasteiger partial charge in [0, 0.05) is 5.38 Å². The maximum atomic E-state index is 8.58. The Labute approximate surface area is 76.6 Å². The number of rotatable bonds is 2. The Morgan fingerprint density at radius 3 is 2.42 bits per heavy atom. The number of hydrogen-bond donors (Lipinski definition) is 1. The zero-order valence-corrected chi connectivity index (χ0v) is 8.23. The van der Waals surface area contributed by atoms with Crippen LogP contribution in [-0.2, 0) is 17.6 Å². The van der Waals surface area contributed by atoms with Crippen LogP contribution in [0.3, 0.4) is 0 Å². The molecule has 0 radical (unpaired) electrons. The maximum absolute atomic E-state index is 8.58. The Morgan fingerprint density at radius 1 is 1.58 bits per heavy atom. The van der Waals surface area contributed by atoms with Crippen molar-refractivity contribution >= 4 is 17.7 Å². The second-order valence-electron chi connectivity index (χ2n) is 2.08. The lowest BCUT2D eigenvalue weighted by Gasteiger charge is -1.83. The van der Waals surface area contributed by atoms with E-state index in [-0.39, 0.29) is 6.41 Å². The summed E-state index contributed by atoms with van der Waals surface area (Å²) in [5, 5.41) is 3.39. The van der Waals surface area contributed by atoms with Crippen LogP contribution in [0.4, 0.5) is 0 Å². The van der Waals surface area contributed by atoms with Gasteiger partial charge in [0.2, 0.25) is 6.41 Å². The van der Waals surface area contributed by atoms with Gasteiger partial charge in [-0.1, -0.05) is 13.8 Å². The normalized spacial score (nSPS) is 8.50. The van der Waals surface area contributed by atoms with E-state index in [4.69, 9.17) is 4.79 Å². The van der Waals surface area contributed by atoms with Crippen molar-refractivity contribution in [1.29, 1.82) is 0 Å². The SMILES string of the molecule is CCc1csc(CC)n1.NC=O. The van der Waals surface area contributed by atoms with Crippen molar-refractivity contribution in [2.75, 3.05) is 0 Å². The number of nitrogens with zero attached hydrogens (tertiary/aromatic N) is 1. The molecule has 3 nitrogen and oxygen atoms in total. The minimum Gasteiger partial charge on any atom is -0.372 e. The molecule has 1 heterocycles. The Bertz CT molecular complexity index is 204. The third-order valence-corrected chi connectivity index (χ3v) is 2.31. The largest absolute Gasteiger partial charge is 0.372 e. The molecule has 0 fully saturated rings. The van der Waals surface area contributed by atoms with Crippen molar-refractivity contribution in [2.45, 2.75) is 26.7 Å². The van der Waals surface area contributed by atoms with Crippen LogP contribution in [0.5, 0.6) is 0 Å². The van der Waals surface area contributed by atoms with Crippen LogP contribution >= 0.6 is 11.3 Å². The molecule has 0 saturated heterocycles. The molecule has 12 heavy (non-hydrogen) atoms. The number of carbonyl (C=O) groups excluding carboxylic acids is 1. The summed E-state index contributed by atoms with van der Waals surface area (Å²) in [5.74, 6) is 0. The van der Waals surface area contributed by atoms with E-state index in [9.17, 15) is 0 Å². The highest BCUT2D eigenvalue weighted by Crippen LogP contribution is 2.09. The minimum absolute atomic E-state index is 0.250. The fourth-order valence-corrected chi connectivity index (χ4v) is 1.50. The summed E-state index contributed by atoms with van der Waals surface area (Å²) >= 11 is 1.76. The van der Waals surface area contributed by atoms with Crippen LogP contribution in [-0.4, -0.2) is 11.4 Å². The van der Waals surface area contributed by atoms with Gasteiger partial charge >= 0.3 is 0 Å². The third kappa shape index (κ3) is 4.08. The van der Waals surface area contributed by atoms with E-state index < -0.39 is 0 Å². The number of primary amides is 1. The van der Waals surface area contributed by atoms with Gasteiger partial charge < -0.3 is 5.73 Å². The van der Waals surface area contributed by atoms with Crippen molar-refractivity contribution in [3.63, 3.8) is 0 Å². The number of nitrogens with two attached hydrogens (primary N) is 1. The molecule has 1 rings (SSSR count). The van der Waals surface area contributed by atoms with Crippen LogP contribution in [0.1, 0.15) is 24.5 Å². The van der Waals surface area contributed by atoms with Crippen LogP contribution in [0.25, 0.3) is 0 Å². The molecule has 1 amide bonds. The first-order valence-electron chi connectivity index (χ1n) is 3.87. The molecule has 1 aromatic rings. The number of thiazole rings is 1. The van der Waals surface area contributed by atoms with Crippen molar-refractivity contribution in [1.82, 2.24) is 4.98 Å². The highest BCUT2D eigenvalue weighted by Gasteiger charge is 1.94. The lowest BCUT2D eigenvalue weighted by molar-refractivity contribution is -0.106. The second kappa shape index (κ2) is 6.79. The van der Waals surface area contributed by atoms with E-state index in [0.717, 1.165) is 12.8 Å². The van der Waals surface area contributed by atoms with Gasteiger partial charge in [-0.05, 0) is 12.8 Å². The quantitative estimate of drug-likeness (QED) is 0.709. The molecular weight excluding hydrogens is 172 g/mol. The fraction of sp³-hybridized carbons (Fsp3) is 0.500. The van der Waals surface area contributed by atoms with Crippen molar-refractivity contribution in [3.05, 3.63) is 16.1 Å². The third-order valence-electron chi connectivity index (χ3n) is 1.26. The fourth-order valence-electron chi connectivity index (χ4n) is 0.674. The van der Waals surface area contributed by atoms with Crippen LogP contribution in [0.2, 0.25) is 0 Å². The summed E-state index contributed by atoms with van der Waals surface area (Å²) in [6.45, 7) is 4.27. The van der Waals surface area contributed by atoms with Crippen molar-refractivity contribution < 1.29 is 4.79 Å². The first-order chi connectivity index (χ1) is 5.78. The number of aromatic nitrogens is 1. The van der Waals surface area contributed by atoms with E-state index in [1.165, 1.54) is 10.7 Å². The van der Waals surface area contributed by atoms with Gasteiger partial charge in [0.1, 0.15) is 0 Å². The highest BCUT2D eigenvalue weighted by molar-refractivity contribution is 7.09. The molecule has 0 aliphatic heterocycles. The van der Waals surface area contributed by atoms with Gasteiger partial charge in [-0.15, -0.1) is 11.3 Å². The van der Waals surface area contributed by atoms with E-state index in [2.05, 4.69) is 29.9 Å².